The van der Waals surface area contributed by atoms with Crippen LogP contribution in [0.2, 0.25) is 0 Å². The van der Waals surface area contributed by atoms with Crippen molar-refractivity contribution in [3.8, 4) is 17.4 Å². The molecule has 1 aliphatic rings. The first kappa shape index (κ1) is 19.8. The average molecular weight is 445 g/mol. The second-order valence-electron chi connectivity index (χ2n) is 8.27. The maximum atomic E-state index is 6.22. The molecular weight excluding hydrogens is 422 g/mol. The Labute approximate surface area is 188 Å². The van der Waals surface area contributed by atoms with Gasteiger partial charge in [-0.2, -0.15) is 4.52 Å². The first-order chi connectivity index (χ1) is 16.2. The molecule has 1 fully saturated rings. The molecule has 1 saturated heterocycles. The second-order valence-corrected chi connectivity index (χ2v) is 8.27. The maximum absolute atomic E-state index is 6.22. The van der Waals surface area contributed by atoms with E-state index < -0.39 is 0 Å². The molecule has 0 unspecified atom stereocenters. The monoisotopic (exact) mass is 445 g/mol. The van der Waals surface area contributed by atoms with Crippen molar-refractivity contribution in [1.29, 1.82) is 0 Å². The Kier molecular flexibility index (Phi) is 4.75. The summed E-state index contributed by atoms with van der Waals surface area (Å²) in [5.41, 5.74) is 3.09. The molecule has 1 aromatic carbocycles. The van der Waals surface area contributed by atoms with Crippen molar-refractivity contribution in [2.75, 3.05) is 19.6 Å². The van der Waals surface area contributed by atoms with Gasteiger partial charge in [-0.25, -0.2) is 0 Å². The van der Waals surface area contributed by atoms with Gasteiger partial charge in [-0.3, -0.25) is 4.68 Å². The fourth-order valence-electron chi connectivity index (χ4n) is 4.13. The van der Waals surface area contributed by atoms with Crippen LogP contribution in [0.4, 0.5) is 0 Å². The lowest BCUT2D eigenvalue weighted by Crippen LogP contribution is -2.38. The highest BCUT2D eigenvalue weighted by Crippen LogP contribution is 2.29. The number of rotatable bonds is 7. The molecule has 168 valence electrons. The Morgan fingerprint density at radius 2 is 1.94 bits per heavy atom. The fourth-order valence-corrected chi connectivity index (χ4v) is 4.13. The normalized spacial score (nSPS) is 14.2. The smallest absolute Gasteiger partial charge is 0.240 e. The third kappa shape index (κ3) is 3.50. The molecule has 1 aliphatic heterocycles. The Bertz CT molecular complexity index is 1450. The minimum absolute atomic E-state index is 0.270. The van der Waals surface area contributed by atoms with E-state index in [0.29, 0.717) is 28.8 Å². The minimum Gasteiger partial charge on any atom is -0.470 e. The van der Waals surface area contributed by atoms with Gasteiger partial charge in [0, 0.05) is 36.9 Å². The van der Waals surface area contributed by atoms with Gasteiger partial charge in [0.05, 0.1) is 5.69 Å². The Morgan fingerprint density at radius 3 is 2.70 bits per heavy atom. The maximum Gasteiger partial charge on any atom is 0.240 e. The molecule has 4 aromatic heterocycles. The third-order valence-corrected chi connectivity index (χ3v) is 6.07. The van der Waals surface area contributed by atoms with E-state index in [2.05, 4.69) is 30.6 Å². The van der Waals surface area contributed by atoms with E-state index in [1.54, 1.807) is 10.6 Å². The number of fused-ring (bicyclic) bond motifs is 3. The van der Waals surface area contributed by atoms with Crippen LogP contribution in [0.1, 0.15) is 23.6 Å². The van der Waals surface area contributed by atoms with E-state index in [1.165, 1.54) is 19.5 Å². The van der Waals surface area contributed by atoms with Gasteiger partial charge in [0.2, 0.25) is 11.7 Å². The first-order valence-corrected chi connectivity index (χ1v) is 11.0. The number of hydrogen-bond acceptors (Lipinski definition) is 9. The van der Waals surface area contributed by atoms with Crippen LogP contribution in [0, 0.1) is 6.92 Å². The molecule has 0 spiro atoms. The summed E-state index contributed by atoms with van der Waals surface area (Å²) in [5.74, 6) is 1.65. The first-order valence-electron chi connectivity index (χ1n) is 11.0. The lowest BCUT2D eigenvalue weighted by Gasteiger charge is -2.30. The Hall–Kier alpha value is -3.86. The zero-order chi connectivity index (χ0) is 22.4. The van der Waals surface area contributed by atoms with Crippen LogP contribution >= 0.6 is 0 Å². The van der Waals surface area contributed by atoms with Crippen LogP contribution in [-0.2, 0) is 20.1 Å². The summed E-state index contributed by atoms with van der Waals surface area (Å²) in [5, 5.41) is 27.7. The molecule has 11 nitrogen and oxygen atoms in total. The highest BCUT2D eigenvalue weighted by molar-refractivity contribution is 5.96. The van der Waals surface area contributed by atoms with Crippen LogP contribution in [-0.4, -0.2) is 64.5 Å². The Morgan fingerprint density at radius 1 is 1.09 bits per heavy atom. The molecule has 0 radical (unpaired) electrons. The summed E-state index contributed by atoms with van der Waals surface area (Å²) in [7, 11) is 1.92. The molecule has 6 rings (SSSR count). The number of likely N-dealkylation sites (tertiary alicyclic amines) is 1. The van der Waals surface area contributed by atoms with Gasteiger partial charge in [0.1, 0.15) is 18.1 Å². The summed E-state index contributed by atoms with van der Waals surface area (Å²) in [6, 6.07) is 9.65. The number of aryl methyl sites for hydroxylation is 2. The van der Waals surface area contributed by atoms with Gasteiger partial charge >= 0.3 is 0 Å². The lowest BCUT2D eigenvalue weighted by atomic mass is 10.1. The molecular formula is C22H23N9O2. The average Bonchev–Trinajstić information content (AvgIpc) is 3.50. The lowest BCUT2D eigenvalue weighted by molar-refractivity contribution is 0.182. The summed E-state index contributed by atoms with van der Waals surface area (Å²) in [6.07, 6.45) is 2.16. The molecule has 0 aliphatic carbocycles. The van der Waals surface area contributed by atoms with Gasteiger partial charge in [-0.15, -0.1) is 20.4 Å². The predicted octanol–water partition coefficient (Wildman–Crippen LogP) is 2.20. The van der Waals surface area contributed by atoms with Crippen LogP contribution in [0.15, 0.2) is 34.9 Å². The third-order valence-electron chi connectivity index (χ3n) is 6.07. The van der Waals surface area contributed by atoms with E-state index >= 15 is 0 Å². The van der Waals surface area contributed by atoms with Crippen molar-refractivity contribution in [1.82, 2.24) is 44.9 Å². The molecule has 0 atom stereocenters. The highest BCUT2D eigenvalue weighted by atomic mass is 16.5. The van der Waals surface area contributed by atoms with Crippen molar-refractivity contribution < 1.29 is 9.26 Å². The van der Waals surface area contributed by atoms with E-state index in [0.717, 1.165) is 35.1 Å². The topological polar surface area (TPSA) is 112 Å². The quantitative estimate of drug-likeness (QED) is 0.372. The molecule has 33 heavy (non-hydrogen) atoms. The van der Waals surface area contributed by atoms with E-state index in [1.807, 2.05) is 42.9 Å². The fraction of sp³-hybridized carbons (Fsp3) is 0.364. The van der Waals surface area contributed by atoms with Gasteiger partial charge < -0.3 is 14.2 Å². The summed E-state index contributed by atoms with van der Waals surface area (Å²) in [6.45, 7) is 5.44. The van der Waals surface area contributed by atoms with E-state index in [4.69, 9.17) is 14.4 Å². The van der Waals surface area contributed by atoms with Crippen LogP contribution < -0.4 is 4.74 Å². The summed E-state index contributed by atoms with van der Waals surface area (Å²) < 4.78 is 14.9. The van der Waals surface area contributed by atoms with Crippen molar-refractivity contribution in [2.24, 2.45) is 7.05 Å². The van der Waals surface area contributed by atoms with Gasteiger partial charge in [0.15, 0.2) is 11.3 Å². The zero-order valence-corrected chi connectivity index (χ0v) is 18.5. The summed E-state index contributed by atoms with van der Waals surface area (Å²) >= 11 is 0. The number of nitrogens with zero attached hydrogens (tertiary/aromatic N) is 9. The van der Waals surface area contributed by atoms with Crippen molar-refractivity contribution in [3.05, 3.63) is 47.5 Å². The standard InChI is InChI=1S/C22H23N9O2/c1-14-12-17(27-33-14)21-25-24-20-15-6-3-4-7-16(15)22(26-31(20)21)32-13-18-19(29(2)28-23-18)8-11-30-9-5-10-30/h3-4,6-7,12H,5,8-11,13H2,1-2H3. The van der Waals surface area contributed by atoms with Crippen LogP contribution in [0.3, 0.4) is 0 Å². The summed E-state index contributed by atoms with van der Waals surface area (Å²) in [4.78, 5) is 2.43. The minimum atomic E-state index is 0.270. The van der Waals surface area contributed by atoms with Crippen LogP contribution in [0.5, 0.6) is 5.88 Å². The zero-order valence-electron chi connectivity index (χ0n) is 18.5. The van der Waals surface area contributed by atoms with Crippen molar-refractivity contribution in [3.63, 3.8) is 0 Å². The molecule has 5 heterocycles. The highest BCUT2D eigenvalue weighted by Gasteiger charge is 2.20. The largest absolute Gasteiger partial charge is 0.470 e. The number of hydrogen-bond donors (Lipinski definition) is 0. The SMILES string of the molecule is Cc1cc(-c2nnc3c4ccccc4c(OCc4nnn(C)c4CCN4CCC4)nn23)no1. The van der Waals surface area contributed by atoms with Gasteiger partial charge in [-0.1, -0.05) is 28.6 Å². The molecule has 0 N–H and O–H groups in total. The predicted molar refractivity (Wildman–Crippen MR) is 119 cm³/mol. The van der Waals surface area contributed by atoms with E-state index in [9.17, 15) is 0 Å². The van der Waals surface area contributed by atoms with Gasteiger partial charge in [0.25, 0.3) is 0 Å². The Balaban J connectivity index is 1.35. The molecule has 0 saturated carbocycles. The van der Waals surface area contributed by atoms with E-state index in [-0.39, 0.29) is 6.61 Å². The van der Waals surface area contributed by atoms with Crippen molar-refractivity contribution in [2.45, 2.75) is 26.4 Å². The van der Waals surface area contributed by atoms with Crippen LogP contribution in [0.25, 0.3) is 27.9 Å². The number of ether oxygens (including phenoxy) is 1. The number of benzene rings is 1. The number of aromatic nitrogens is 8. The molecule has 5 aromatic rings. The molecule has 0 bridgehead atoms. The molecule has 11 heteroatoms. The second kappa shape index (κ2) is 7.93. The molecule has 0 amide bonds. The van der Waals surface area contributed by atoms with Crippen molar-refractivity contribution >= 4 is 16.4 Å². The van der Waals surface area contributed by atoms with Gasteiger partial charge in [-0.05, 0) is 32.5 Å².